The van der Waals surface area contributed by atoms with E-state index in [1.54, 1.807) is 6.29 Å². The molecular formula is C10H12NO4S. The van der Waals surface area contributed by atoms with Crippen molar-refractivity contribution in [3.63, 3.8) is 0 Å². The van der Waals surface area contributed by atoms with Gasteiger partial charge in [-0.05, 0) is 18.2 Å². The minimum absolute atomic E-state index is 0.0386. The lowest BCUT2D eigenvalue weighted by atomic mass is 10.2. The molecule has 0 fully saturated rings. The van der Waals surface area contributed by atoms with Crippen LogP contribution in [-0.4, -0.2) is 40.2 Å². The molecular weight excluding hydrogens is 230 g/mol. The molecule has 1 radical (unpaired) electrons. The lowest BCUT2D eigenvalue weighted by Gasteiger charge is -2.12. The van der Waals surface area contributed by atoms with E-state index in [2.05, 4.69) is 0 Å². The van der Waals surface area contributed by atoms with Crippen molar-refractivity contribution in [3.8, 4) is 5.75 Å². The zero-order chi connectivity index (χ0) is 12.3. The summed E-state index contributed by atoms with van der Waals surface area (Å²) in [4.78, 5) is 10.7. The Kier molecular flexibility index (Phi) is 3.66. The number of ether oxygens (including phenoxy) is 1. The number of sulfonamides is 1. The van der Waals surface area contributed by atoms with Crippen LogP contribution in [0.4, 0.5) is 0 Å². The van der Waals surface area contributed by atoms with Gasteiger partial charge in [0.25, 0.3) is 0 Å². The lowest BCUT2D eigenvalue weighted by molar-refractivity contribution is 0.412. The van der Waals surface area contributed by atoms with Gasteiger partial charge in [-0.15, -0.1) is 0 Å². The van der Waals surface area contributed by atoms with Gasteiger partial charge in [-0.2, -0.15) is 0 Å². The number of benzene rings is 1. The third-order valence-electron chi connectivity index (χ3n) is 2.06. The van der Waals surface area contributed by atoms with E-state index in [4.69, 9.17) is 4.74 Å². The van der Waals surface area contributed by atoms with Crippen LogP contribution in [0.1, 0.15) is 5.56 Å². The van der Waals surface area contributed by atoms with Gasteiger partial charge < -0.3 is 4.74 Å². The molecule has 6 heteroatoms. The molecule has 0 saturated carbocycles. The molecule has 87 valence electrons. The molecule has 5 nitrogen and oxygen atoms in total. The highest BCUT2D eigenvalue weighted by molar-refractivity contribution is 7.89. The van der Waals surface area contributed by atoms with E-state index in [0.29, 0.717) is 5.75 Å². The van der Waals surface area contributed by atoms with Gasteiger partial charge in [-0.3, -0.25) is 4.79 Å². The lowest BCUT2D eigenvalue weighted by Crippen LogP contribution is -2.22. The Labute approximate surface area is 94.7 Å². The fourth-order valence-electron chi connectivity index (χ4n) is 1.14. The fraction of sp³-hybridized carbons (Fsp3) is 0.300. The molecule has 0 aliphatic heterocycles. The summed E-state index contributed by atoms with van der Waals surface area (Å²) >= 11 is 0. The summed E-state index contributed by atoms with van der Waals surface area (Å²) < 4.78 is 29.5. The number of carbonyl (C=O) groups excluding carboxylic acids is 1. The van der Waals surface area contributed by atoms with Crippen molar-refractivity contribution in [1.29, 1.82) is 0 Å². The van der Waals surface area contributed by atoms with E-state index in [1.807, 2.05) is 0 Å². The summed E-state index contributed by atoms with van der Waals surface area (Å²) in [5.74, 6) is 0.299. The fourth-order valence-corrected chi connectivity index (χ4v) is 2.07. The average Bonchev–Trinajstić information content (AvgIpc) is 2.27. The summed E-state index contributed by atoms with van der Waals surface area (Å²) in [6.45, 7) is 0. The average molecular weight is 242 g/mol. The third-order valence-corrected chi connectivity index (χ3v) is 3.87. The molecule has 0 aliphatic rings. The topological polar surface area (TPSA) is 63.7 Å². The highest BCUT2D eigenvalue weighted by Crippen LogP contribution is 2.22. The van der Waals surface area contributed by atoms with E-state index < -0.39 is 10.0 Å². The molecule has 0 aliphatic carbocycles. The first-order valence-electron chi connectivity index (χ1n) is 4.42. The Morgan fingerprint density at radius 2 is 1.94 bits per heavy atom. The maximum Gasteiger partial charge on any atom is 0.242 e. The second-order valence-corrected chi connectivity index (χ2v) is 5.40. The van der Waals surface area contributed by atoms with Crippen LogP contribution < -0.4 is 4.74 Å². The first kappa shape index (κ1) is 12.7. The van der Waals surface area contributed by atoms with E-state index >= 15 is 0 Å². The van der Waals surface area contributed by atoms with Crippen molar-refractivity contribution in [2.45, 2.75) is 4.90 Å². The van der Waals surface area contributed by atoms with Crippen LogP contribution in [-0.2, 0) is 14.8 Å². The van der Waals surface area contributed by atoms with Crippen LogP contribution >= 0.6 is 0 Å². The van der Waals surface area contributed by atoms with Crippen molar-refractivity contribution in [2.24, 2.45) is 0 Å². The summed E-state index contributed by atoms with van der Waals surface area (Å²) in [5.41, 5.74) is 0.0884. The van der Waals surface area contributed by atoms with Gasteiger partial charge in [-0.1, -0.05) is 0 Å². The molecule has 1 rings (SSSR count). The van der Waals surface area contributed by atoms with Gasteiger partial charge in [-0.25, -0.2) is 12.7 Å². The van der Waals surface area contributed by atoms with E-state index in [-0.39, 0.29) is 10.5 Å². The second kappa shape index (κ2) is 4.63. The van der Waals surface area contributed by atoms with Gasteiger partial charge >= 0.3 is 0 Å². The first-order valence-corrected chi connectivity index (χ1v) is 5.86. The van der Waals surface area contributed by atoms with Crippen molar-refractivity contribution in [1.82, 2.24) is 4.31 Å². The second-order valence-electron chi connectivity index (χ2n) is 3.25. The maximum atomic E-state index is 11.8. The standard InChI is InChI=1S/C10H12NO4S/c1-11(2)16(13,14)9-4-5-10(15-3)8(6-9)7-12/h4-6H,1-3H3. The SMILES string of the molecule is COc1ccc(S(=O)(=O)N(C)C)cc1[C]=O. The van der Waals surface area contributed by atoms with Crippen molar-refractivity contribution in [3.05, 3.63) is 23.8 Å². The largest absolute Gasteiger partial charge is 0.496 e. The van der Waals surface area contributed by atoms with Crippen molar-refractivity contribution in [2.75, 3.05) is 21.2 Å². The van der Waals surface area contributed by atoms with Gasteiger partial charge in [0.1, 0.15) is 5.75 Å². The molecule has 0 unspecified atom stereocenters. The molecule has 0 bridgehead atoms. The highest BCUT2D eigenvalue weighted by Gasteiger charge is 2.18. The summed E-state index contributed by atoms with van der Waals surface area (Å²) in [5, 5.41) is 0. The van der Waals surface area contributed by atoms with Gasteiger partial charge in [0.05, 0.1) is 17.6 Å². The van der Waals surface area contributed by atoms with Gasteiger partial charge in [0.15, 0.2) is 0 Å². The van der Waals surface area contributed by atoms with Crippen molar-refractivity contribution >= 4 is 16.3 Å². The van der Waals surface area contributed by atoms with Gasteiger partial charge in [0.2, 0.25) is 16.3 Å². The summed E-state index contributed by atoms with van der Waals surface area (Å²) in [6.07, 6.45) is 1.64. The third kappa shape index (κ3) is 2.23. The molecule has 1 aromatic carbocycles. The number of nitrogens with zero attached hydrogens (tertiary/aromatic N) is 1. The van der Waals surface area contributed by atoms with E-state index in [0.717, 1.165) is 4.31 Å². The molecule has 0 spiro atoms. The molecule has 0 amide bonds. The maximum absolute atomic E-state index is 11.8. The minimum Gasteiger partial charge on any atom is -0.496 e. The summed E-state index contributed by atoms with van der Waals surface area (Å²) in [7, 11) is 0.705. The normalized spacial score (nSPS) is 11.5. The van der Waals surface area contributed by atoms with Crippen LogP contribution in [0, 0.1) is 0 Å². The predicted octanol–water partition coefficient (Wildman–Crippen LogP) is 0.403. The number of rotatable bonds is 4. The van der Waals surface area contributed by atoms with E-state index in [9.17, 15) is 13.2 Å². The van der Waals surface area contributed by atoms with Crippen LogP contribution in [0.25, 0.3) is 0 Å². The Bertz CT molecular complexity index is 494. The smallest absolute Gasteiger partial charge is 0.242 e. The summed E-state index contributed by atoms with van der Waals surface area (Å²) in [6, 6.07) is 4.05. The Morgan fingerprint density at radius 1 is 1.31 bits per heavy atom. The van der Waals surface area contributed by atoms with Crippen LogP contribution in [0.2, 0.25) is 0 Å². The predicted molar refractivity (Wildman–Crippen MR) is 58.7 cm³/mol. The highest BCUT2D eigenvalue weighted by atomic mass is 32.2. The monoisotopic (exact) mass is 242 g/mol. The molecule has 0 N–H and O–H groups in total. The Balaban J connectivity index is 3.34. The number of hydrogen-bond donors (Lipinski definition) is 0. The van der Waals surface area contributed by atoms with E-state index in [1.165, 1.54) is 39.4 Å². The van der Waals surface area contributed by atoms with Gasteiger partial charge in [0, 0.05) is 14.1 Å². The quantitative estimate of drug-likeness (QED) is 0.766. The number of methoxy groups -OCH3 is 1. The molecule has 16 heavy (non-hydrogen) atoms. The van der Waals surface area contributed by atoms with Crippen LogP contribution in [0.15, 0.2) is 23.1 Å². The molecule has 1 aromatic rings. The van der Waals surface area contributed by atoms with Crippen LogP contribution in [0.3, 0.4) is 0 Å². The van der Waals surface area contributed by atoms with Crippen LogP contribution in [0.5, 0.6) is 5.75 Å². The first-order chi connectivity index (χ1) is 7.43. The minimum atomic E-state index is -3.54. The Morgan fingerprint density at radius 3 is 2.38 bits per heavy atom. The zero-order valence-electron chi connectivity index (χ0n) is 9.22. The molecule has 0 heterocycles. The number of hydrogen-bond acceptors (Lipinski definition) is 4. The Hall–Kier alpha value is -1.40. The molecule has 0 atom stereocenters. The molecule has 0 aromatic heterocycles. The van der Waals surface area contributed by atoms with Crippen molar-refractivity contribution < 1.29 is 17.9 Å². The zero-order valence-corrected chi connectivity index (χ0v) is 10.0. The molecule has 0 saturated heterocycles.